The molecule has 0 atom stereocenters. The minimum absolute atomic E-state index is 0.0607. The number of nitrogens with zero attached hydrogens (tertiary/aromatic N) is 2. The predicted octanol–water partition coefficient (Wildman–Crippen LogP) is 1.19. The van der Waals surface area contributed by atoms with Crippen molar-refractivity contribution in [3.8, 4) is 0 Å². The number of alkyl halides is 2. The normalized spacial score (nSPS) is 20.1. The second-order valence-corrected chi connectivity index (χ2v) is 4.84. The Kier molecular flexibility index (Phi) is 3.65. The minimum atomic E-state index is -2.36. The van der Waals surface area contributed by atoms with Gasteiger partial charge in [0.1, 0.15) is 0 Å². The Hall–Kier alpha value is -0.710. The molecular formula is C10H18F2N2O. The van der Waals surface area contributed by atoms with Crippen LogP contribution in [0.4, 0.5) is 8.78 Å². The summed E-state index contributed by atoms with van der Waals surface area (Å²) < 4.78 is 24.2. The molecule has 15 heavy (non-hydrogen) atoms. The van der Waals surface area contributed by atoms with E-state index in [0.717, 1.165) is 0 Å². The number of amides is 1. The first-order valence-corrected chi connectivity index (χ1v) is 5.11. The quantitative estimate of drug-likeness (QED) is 0.698. The van der Waals surface area contributed by atoms with Crippen molar-refractivity contribution >= 4 is 5.91 Å². The first-order valence-electron chi connectivity index (χ1n) is 5.11. The Bertz CT molecular complexity index is 238. The molecule has 1 aliphatic heterocycles. The maximum atomic E-state index is 12.1. The molecule has 0 spiro atoms. The average molecular weight is 220 g/mol. The summed E-state index contributed by atoms with van der Waals surface area (Å²) >= 11 is 0. The lowest BCUT2D eigenvalue weighted by Gasteiger charge is -2.41. The van der Waals surface area contributed by atoms with Gasteiger partial charge in [-0.05, 0) is 20.8 Å². The fourth-order valence-electron chi connectivity index (χ4n) is 1.78. The third-order valence-electron chi connectivity index (χ3n) is 2.51. The van der Waals surface area contributed by atoms with Crippen LogP contribution in [-0.2, 0) is 4.79 Å². The summed E-state index contributed by atoms with van der Waals surface area (Å²) in [7, 11) is 0. The van der Waals surface area contributed by atoms with Crippen LogP contribution in [0, 0.1) is 0 Å². The lowest BCUT2D eigenvalue weighted by molar-refractivity contribution is -0.142. The fraction of sp³-hybridized carbons (Fsp3) is 0.900. The van der Waals surface area contributed by atoms with Crippen LogP contribution in [0.15, 0.2) is 0 Å². The van der Waals surface area contributed by atoms with Crippen LogP contribution in [0.2, 0.25) is 0 Å². The standard InChI is InChI=1S/C10H18F2N2O/c1-10(2,3)14-5-4-13(6-8(11)12)7-9(14)15/h8H,4-7H2,1-3H3. The molecule has 0 saturated carbocycles. The molecule has 0 aromatic heterocycles. The number of rotatable bonds is 2. The zero-order valence-corrected chi connectivity index (χ0v) is 9.46. The third kappa shape index (κ3) is 3.41. The molecule has 5 heteroatoms. The molecule has 0 unspecified atom stereocenters. The number of halogens is 2. The van der Waals surface area contributed by atoms with Crippen molar-refractivity contribution < 1.29 is 13.6 Å². The van der Waals surface area contributed by atoms with Crippen molar-refractivity contribution in [1.82, 2.24) is 9.80 Å². The zero-order chi connectivity index (χ0) is 11.6. The summed E-state index contributed by atoms with van der Waals surface area (Å²) in [5.41, 5.74) is -0.214. The molecule has 1 rings (SSSR count). The van der Waals surface area contributed by atoms with Crippen LogP contribution in [0.5, 0.6) is 0 Å². The van der Waals surface area contributed by atoms with E-state index in [0.29, 0.717) is 13.1 Å². The molecule has 0 radical (unpaired) electrons. The highest BCUT2D eigenvalue weighted by Crippen LogP contribution is 2.17. The van der Waals surface area contributed by atoms with Gasteiger partial charge in [0.25, 0.3) is 6.43 Å². The van der Waals surface area contributed by atoms with E-state index in [4.69, 9.17) is 0 Å². The van der Waals surface area contributed by atoms with Gasteiger partial charge in [-0.15, -0.1) is 0 Å². The van der Waals surface area contributed by atoms with Gasteiger partial charge in [-0.3, -0.25) is 9.69 Å². The Morgan fingerprint density at radius 1 is 1.33 bits per heavy atom. The zero-order valence-electron chi connectivity index (χ0n) is 9.46. The monoisotopic (exact) mass is 220 g/mol. The highest BCUT2D eigenvalue weighted by atomic mass is 19.3. The summed E-state index contributed by atoms with van der Waals surface area (Å²) in [6, 6.07) is 0. The SMILES string of the molecule is CC(C)(C)N1CCN(CC(F)F)CC1=O. The lowest BCUT2D eigenvalue weighted by atomic mass is 10.0. The molecule has 0 aromatic rings. The summed E-state index contributed by atoms with van der Waals surface area (Å²) in [6.07, 6.45) is -2.36. The molecular weight excluding hydrogens is 202 g/mol. The van der Waals surface area contributed by atoms with E-state index in [1.807, 2.05) is 20.8 Å². The third-order valence-corrected chi connectivity index (χ3v) is 2.51. The highest BCUT2D eigenvalue weighted by Gasteiger charge is 2.32. The van der Waals surface area contributed by atoms with Crippen LogP contribution < -0.4 is 0 Å². The topological polar surface area (TPSA) is 23.6 Å². The van der Waals surface area contributed by atoms with E-state index >= 15 is 0 Å². The van der Waals surface area contributed by atoms with Crippen LogP contribution in [-0.4, -0.2) is 53.9 Å². The lowest BCUT2D eigenvalue weighted by Crippen LogP contribution is -2.57. The number of piperazine rings is 1. The van der Waals surface area contributed by atoms with Crippen molar-refractivity contribution in [3.05, 3.63) is 0 Å². The van der Waals surface area contributed by atoms with Gasteiger partial charge in [-0.25, -0.2) is 8.78 Å². The molecule has 0 N–H and O–H groups in total. The fourth-order valence-corrected chi connectivity index (χ4v) is 1.78. The maximum absolute atomic E-state index is 12.1. The van der Waals surface area contributed by atoms with Gasteiger partial charge in [0.2, 0.25) is 5.91 Å². The van der Waals surface area contributed by atoms with Crippen molar-refractivity contribution in [2.75, 3.05) is 26.2 Å². The summed E-state index contributed by atoms with van der Waals surface area (Å²) in [5.74, 6) is -0.0607. The molecule has 3 nitrogen and oxygen atoms in total. The first kappa shape index (κ1) is 12.4. The van der Waals surface area contributed by atoms with E-state index in [2.05, 4.69) is 0 Å². The second kappa shape index (κ2) is 4.43. The maximum Gasteiger partial charge on any atom is 0.251 e. The summed E-state index contributed by atoms with van der Waals surface area (Å²) in [5, 5.41) is 0. The Morgan fingerprint density at radius 2 is 1.93 bits per heavy atom. The average Bonchev–Trinajstić information content (AvgIpc) is 1.99. The van der Waals surface area contributed by atoms with Gasteiger partial charge in [0.05, 0.1) is 13.1 Å². The van der Waals surface area contributed by atoms with Crippen LogP contribution in [0.1, 0.15) is 20.8 Å². The summed E-state index contributed by atoms with van der Waals surface area (Å²) in [6.45, 7) is 6.74. The highest BCUT2D eigenvalue weighted by molar-refractivity contribution is 5.79. The van der Waals surface area contributed by atoms with E-state index in [1.54, 1.807) is 4.90 Å². The molecule has 0 bridgehead atoms. The number of hydrogen-bond donors (Lipinski definition) is 0. The van der Waals surface area contributed by atoms with E-state index in [1.165, 1.54) is 4.90 Å². The van der Waals surface area contributed by atoms with Crippen molar-refractivity contribution in [1.29, 1.82) is 0 Å². The van der Waals surface area contributed by atoms with Crippen molar-refractivity contribution in [2.45, 2.75) is 32.7 Å². The van der Waals surface area contributed by atoms with Gasteiger partial charge < -0.3 is 4.90 Å². The molecule has 1 heterocycles. The minimum Gasteiger partial charge on any atom is -0.335 e. The summed E-state index contributed by atoms with van der Waals surface area (Å²) in [4.78, 5) is 14.9. The van der Waals surface area contributed by atoms with Crippen LogP contribution >= 0.6 is 0 Å². The van der Waals surface area contributed by atoms with Gasteiger partial charge in [-0.2, -0.15) is 0 Å². The first-order chi connectivity index (χ1) is 6.80. The second-order valence-electron chi connectivity index (χ2n) is 4.84. The van der Waals surface area contributed by atoms with E-state index in [-0.39, 0.29) is 24.5 Å². The van der Waals surface area contributed by atoms with Crippen molar-refractivity contribution in [3.63, 3.8) is 0 Å². The number of hydrogen-bond acceptors (Lipinski definition) is 2. The molecule has 1 saturated heterocycles. The molecule has 88 valence electrons. The Morgan fingerprint density at radius 3 is 2.33 bits per heavy atom. The van der Waals surface area contributed by atoms with Gasteiger partial charge >= 0.3 is 0 Å². The van der Waals surface area contributed by atoms with Gasteiger partial charge in [0.15, 0.2) is 0 Å². The Labute approximate surface area is 89.0 Å². The van der Waals surface area contributed by atoms with Crippen LogP contribution in [0.25, 0.3) is 0 Å². The molecule has 0 aromatic carbocycles. The Balaban J connectivity index is 2.52. The molecule has 1 fully saturated rings. The molecule has 1 amide bonds. The van der Waals surface area contributed by atoms with E-state index in [9.17, 15) is 13.6 Å². The van der Waals surface area contributed by atoms with Gasteiger partial charge in [0, 0.05) is 18.6 Å². The predicted molar refractivity (Wildman–Crippen MR) is 53.9 cm³/mol. The van der Waals surface area contributed by atoms with Crippen LogP contribution in [0.3, 0.4) is 0 Å². The van der Waals surface area contributed by atoms with Crippen molar-refractivity contribution in [2.24, 2.45) is 0 Å². The number of carbonyl (C=O) groups is 1. The smallest absolute Gasteiger partial charge is 0.251 e. The van der Waals surface area contributed by atoms with E-state index < -0.39 is 6.43 Å². The largest absolute Gasteiger partial charge is 0.335 e. The molecule has 1 aliphatic rings. The van der Waals surface area contributed by atoms with Gasteiger partial charge in [-0.1, -0.05) is 0 Å². The number of carbonyl (C=O) groups excluding carboxylic acids is 1. The molecule has 0 aliphatic carbocycles.